The van der Waals surface area contributed by atoms with Crippen LogP contribution in [0.25, 0.3) is 0 Å². The molecule has 2 atom stereocenters. The average molecular weight is 432 g/mol. The van der Waals surface area contributed by atoms with Crippen molar-refractivity contribution in [3.63, 3.8) is 0 Å². The molecule has 0 radical (unpaired) electrons. The molecule has 150 valence electrons. The van der Waals surface area contributed by atoms with Gasteiger partial charge in [-0.1, -0.05) is 35.3 Å². The largest absolute Gasteiger partial charge is 0.481 e. The number of carbonyl (C=O) groups is 1. The second kappa shape index (κ2) is 8.31. The molecule has 3 nitrogen and oxygen atoms in total. The molecule has 1 N–H and O–H groups in total. The molecule has 3 rings (SSSR count). The fraction of sp³-hybridized carbons (Fsp3) is 0.350. The summed E-state index contributed by atoms with van der Waals surface area (Å²) in [7, 11) is 0. The van der Waals surface area contributed by atoms with Crippen molar-refractivity contribution in [3.8, 4) is 0 Å². The molecule has 0 amide bonds. The Kier molecular flexibility index (Phi) is 6.22. The molecule has 2 aromatic carbocycles. The summed E-state index contributed by atoms with van der Waals surface area (Å²) in [5.41, 5.74) is 0.208. The van der Waals surface area contributed by atoms with Gasteiger partial charge in [0.1, 0.15) is 0 Å². The van der Waals surface area contributed by atoms with Gasteiger partial charge < -0.3 is 5.11 Å². The van der Waals surface area contributed by atoms with Crippen molar-refractivity contribution < 1.29 is 23.1 Å². The number of rotatable bonds is 4. The Hall–Kier alpha value is -1.76. The van der Waals surface area contributed by atoms with Gasteiger partial charge in [0.15, 0.2) is 0 Å². The normalized spacial score (nSPS) is 19.4. The maximum atomic E-state index is 13.3. The number of aliphatic carboxylic acids is 1. The highest BCUT2D eigenvalue weighted by Gasteiger charge is 2.35. The lowest BCUT2D eigenvalue weighted by molar-refractivity contribution is -0.143. The van der Waals surface area contributed by atoms with Gasteiger partial charge in [0, 0.05) is 16.6 Å². The maximum Gasteiger partial charge on any atom is 0.416 e. The summed E-state index contributed by atoms with van der Waals surface area (Å²) < 4.78 is 39.8. The zero-order chi connectivity index (χ0) is 20.5. The molecule has 28 heavy (non-hydrogen) atoms. The van der Waals surface area contributed by atoms with Gasteiger partial charge in [-0.05, 0) is 60.8 Å². The minimum atomic E-state index is -4.50. The lowest BCUT2D eigenvalue weighted by atomic mass is 9.90. The summed E-state index contributed by atoms with van der Waals surface area (Å²) in [6.07, 6.45) is -3.33. The highest BCUT2D eigenvalue weighted by molar-refractivity contribution is 6.31. The lowest BCUT2D eigenvalue weighted by Gasteiger charge is -2.38. The van der Waals surface area contributed by atoms with E-state index in [1.54, 1.807) is 24.3 Å². The van der Waals surface area contributed by atoms with Crippen molar-refractivity contribution in [1.29, 1.82) is 0 Å². The summed E-state index contributed by atoms with van der Waals surface area (Å²) in [4.78, 5) is 13.4. The quantitative estimate of drug-likeness (QED) is 0.654. The van der Waals surface area contributed by atoms with E-state index < -0.39 is 29.7 Å². The van der Waals surface area contributed by atoms with Crippen LogP contribution in [-0.2, 0) is 11.0 Å². The second-order valence-electron chi connectivity index (χ2n) is 6.86. The van der Waals surface area contributed by atoms with Crippen LogP contribution in [0.4, 0.5) is 13.2 Å². The van der Waals surface area contributed by atoms with E-state index in [1.165, 1.54) is 6.07 Å². The minimum Gasteiger partial charge on any atom is -0.481 e. The zero-order valence-electron chi connectivity index (χ0n) is 14.7. The van der Waals surface area contributed by atoms with Gasteiger partial charge in [-0.25, -0.2) is 0 Å². The highest BCUT2D eigenvalue weighted by atomic mass is 35.5. The van der Waals surface area contributed by atoms with Gasteiger partial charge in [-0.15, -0.1) is 0 Å². The first kappa shape index (κ1) is 21.0. The molecule has 1 aliphatic rings. The summed E-state index contributed by atoms with van der Waals surface area (Å²) in [6.45, 7) is 0.791. The van der Waals surface area contributed by atoms with Gasteiger partial charge in [0.25, 0.3) is 0 Å². The van der Waals surface area contributed by atoms with Crippen LogP contribution in [0.1, 0.15) is 35.6 Å². The Labute approximate surface area is 170 Å². The predicted molar refractivity (Wildman–Crippen MR) is 102 cm³/mol. The fourth-order valence-corrected chi connectivity index (χ4v) is 3.95. The molecule has 1 aliphatic heterocycles. The topological polar surface area (TPSA) is 40.5 Å². The second-order valence-corrected chi connectivity index (χ2v) is 7.70. The van der Waals surface area contributed by atoms with Crippen LogP contribution in [0, 0.1) is 5.92 Å². The molecule has 1 heterocycles. The SMILES string of the molecule is O=C(O)C1CCCN(C(c2ccc(Cl)cc2)c2cc(C(F)(F)F)ccc2Cl)C1. The summed E-state index contributed by atoms with van der Waals surface area (Å²) >= 11 is 12.3. The molecule has 8 heteroatoms. The molecule has 0 aromatic heterocycles. The van der Waals surface area contributed by atoms with Gasteiger partial charge in [0.2, 0.25) is 0 Å². The number of alkyl halides is 3. The van der Waals surface area contributed by atoms with E-state index >= 15 is 0 Å². The monoisotopic (exact) mass is 431 g/mol. The number of hydrogen-bond acceptors (Lipinski definition) is 2. The van der Waals surface area contributed by atoms with Gasteiger partial charge in [-0.3, -0.25) is 9.69 Å². The first-order chi connectivity index (χ1) is 13.2. The molecule has 2 unspecified atom stereocenters. The average Bonchev–Trinajstić information content (AvgIpc) is 2.64. The number of hydrogen-bond donors (Lipinski definition) is 1. The number of nitrogens with zero attached hydrogens (tertiary/aromatic N) is 1. The van der Waals surface area contributed by atoms with Crippen LogP contribution in [0.3, 0.4) is 0 Å². The number of carboxylic acids is 1. The number of likely N-dealkylation sites (tertiary alicyclic amines) is 1. The zero-order valence-corrected chi connectivity index (χ0v) is 16.2. The number of halogens is 5. The predicted octanol–water partition coefficient (Wildman–Crippen LogP) is 5.90. The number of carboxylic acid groups (broad SMARTS) is 1. The first-order valence-electron chi connectivity index (χ1n) is 8.76. The molecule has 0 spiro atoms. The van der Waals surface area contributed by atoms with Gasteiger partial charge in [0.05, 0.1) is 17.5 Å². The highest BCUT2D eigenvalue weighted by Crippen LogP contribution is 2.39. The van der Waals surface area contributed by atoms with E-state index in [2.05, 4.69) is 0 Å². The third kappa shape index (κ3) is 4.62. The Morgan fingerprint density at radius 2 is 1.82 bits per heavy atom. The van der Waals surface area contributed by atoms with E-state index in [9.17, 15) is 23.1 Å². The van der Waals surface area contributed by atoms with Crippen molar-refractivity contribution in [3.05, 3.63) is 69.2 Å². The van der Waals surface area contributed by atoms with Crippen LogP contribution in [0.2, 0.25) is 10.0 Å². The molecule has 0 saturated carbocycles. The van der Waals surface area contributed by atoms with Crippen molar-refractivity contribution >= 4 is 29.2 Å². The Morgan fingerprint density at radius 1 is 1.14 bits per heavy atom. The number of piperidine rings is 1. The van der Waals surface area contributed by atoms with E-state index in [1.807, 2.05) is 4.90 Å². The van der Waals surface area contributed by atoms with Crippen LogP contribution in [-0.4, -0.2) is 29.1 Å². The summed E-state index contributed by atoms with van der Waals surface area (Å²) in [6, 6.07) is 9.40. The van der Waals surface area contributed by atoms with Crippen LogP contribution in [0.15, 0.2) is 42.5 Å². The van der Waals surface area contributed by atoms with E-state index in [-0.39, 0.29) is 11.6 Å². The summed E-state index contributed by atoms with van der Waals surface area (Å²) in [5.74, 6) is -1.48. The third-order valence-electron chi connectivity index (χ3n) is 4.97. The summed E-state index contributed by atoms with van der Waals surface area (Å²) in [5, 5.41) is 10.1. The smallest absolute Gasteiger partial charge is 0.416 e. The van der Waals surface area contributed by atoms with Gasteiger partial charge in [-0.2, -0.15) is 13.2 Å². The van der Waals surface area contributed by atoms with E-state index in [4.69, 9.17) is 23.2 Å². The van der Waals surface area contributed by atoms with Crippen LogP contribution >= 0.6 is 23.2 Å². The molecule has 2 aromatic rings. The minimum absolute atomic E-state index is 0.199. The van der Waals surface area contributed by atoms with E-state index in [0.29, 0.717) is 35.5 Å². The maximum absolute atomic E-state index is 13.3. The van der Waals surface area contributed by atoms with Crippen molar-refractivity contribution in [2.75, 3.05) is 13.1 Å². The molecular formula is C20H18Cl2F3NO2. The third-order valence-corrected chi connectivity index (χ3v) is 5.57. The standard InChI is InChI=1S/C20H18Cl2F3NO2/c21-15-6-3-12(4-7-15)18(26-9-1-2-13(11-26)19(27)28)16-10-14(20(23,24)25)5-8-17(16)22/h3-8,10,13,18H,1-2,9,11H2,(H,27,28). The van der Waals surface area contributed by atoms with E-state index in [0.717, 1.165) is 12.1 Å². The Bertz CT molecular complexity index is 856. The molecule has 0 aliphatic carbocycles. The lowest BCUT2D eigenvalue weighted by Crippen LogP contribution is -2.41. The van der Waals surface area contributed by atoms with Crippen LogP contribution in [0.5, 0.6) is 0 Å². The molecular weight excluding hydrogens is 414 g/mol. The van der Waals surface area contributed by atoms with Gasteiger partial charge >= 0.3 is 12.1 Å². The van der Waals surface area contributed by atoms with Crippen molar-refractivity contribution in [2.24, 2.45) is 5.92 Å². The molecule has 1 fully saturated rings. The fourth-order valence-electron chi connectivity index (χ4n) is 3.60. The Morgan fingerprint density at radius 3 is 2.43 bits per heavy atom. The molecule has 0 bridgehead atoms. The van der Waals surface area contributed by atoms with Crippen molar-refractivity contribution in [2.45, 2.75) is 25.1 Å². The first-order valence-corrected chi connectivity index (χ1v) is 9.51. The van der Waals surface area contributed by atoms with Crippen LogP contribution < -0.4 is 0 Å². The Balaban J connectivity index is 2.09. The molecule has 1 saturated heterocycles. The number of benzene rings is 2. The van der Waals surface area contributed by atoms with Crippen molar-refractivity contribution in [1.82, 2.24) is 4.90 Å².